The third-order valence-electron chi connectivity index (χ3n) is 5.13. The second kappa shape index (κ2) is 12.3. The molecule has 0 spiro atoms. The number of amides is 4. The van der Waals surface area contributed by atoms with E-state index >= 15 is 0 Å². The molecule has 13 heteroatoms. The lowest BCUT2D eigenvalue weighted by Gasteiger charge is -2.23. The molecule has 2 atom stereocenters. The molecule has 0 radical (unpaired) electrons. The second-order valence-corrected chi connectivity index (χ2v) is 8.45. The number of carboxylic acids is 1. The summed E-state index contributed by atoms with van der Waals surface area (Å²) in [4.78, 5) is 75.3. The van der Waals surface area contributed by atoms with Gasteiger partial charge in [-0.3, -0.25) is 19.0 Å². The zero-order chi connectivity index (χ0) is 26.1. The number of fused-ring (bicyclic) bond motifs is 1. The number of H-pyrrole nitrogens is 1. The quantitative estimate of drug-likeness (QED) is 0.209. The minimum absolute atomic E-state index is 0.0194. The largest absolute Gasteiger partial charge is 0.480 e. The van der Waals surface area contributed by atoms with Crippen LogP contribution in [0.2, 0.25) is 0 Å². The Labute approximate surface area is 200 Å². The number of urea groups is 1. The van der Waals surface area contributed by atoms with Crippen LogP contribution in [0.15, 0.2) is 33.9 Å². The van der Waals surface area contributed by atoms with Gasteiger partial charge in [0.15, 0.2) is 0 Å². The average molecular weight is 491 g/mol. The van der Waals surface area contributed by atoms with Crippen LogP contribution in [0, 0.1) is 5.92 Å². The Morgan fingerprint density at radius 3 is 2.40 bits per heavy atom. The second-order valence-electron chi connectivity index (χ2n) is 8.45. The van der Waals surface area contributed by atoms with Gasteiger partial charge in [0.05, 0.1) is 10.9 Å². The van der Waals surface area contributed by atoms with Crippen LogP contribution in [0.1, 0.15) is 33.1 Å². The molecule has 0 bridgehead atoms. The van der Waals surface area contributed by atoms with Crippen LogP contribution in [-0.2, 0) is 20.9 Å². The number of carbonyl (C=O) groups is 4. The van der Waals surface area contributed by atoms with Crippen LogP contribution < -0.4 is 32.9 Å². The normalized spacial score (nSPS) is 12.7. The van der Waals surface area contributed by atoms with Gasteiger partial charge in [-0.2, -0.15) is 0 Å². The molecule has 4 amide bonds. The zero-order valence-corrected chi connectivity index (χ0v) is 19.5. The number of aromatic nitrogens is 2. The summed E-state index contributed by atoms with van der Waals surface area (Å²) in [5.74, 6) is -2.80. The lowest BCUT2D eigenvalue weighted by atomic mass is 10.0. The first-order chi connectivity index (χ1) is 16.5. The summed E-state index contributed by atoms with van der Waals surface area (Å²) < 4.78 is 0.730. The number of nitrogens with zero attached hydrogens (tertiary/aromatic N) is 1. The van der Waals surface area contributed by atoms with E-state index in [1.807, 2.05) is 13.8 Å². The van der Waals surface area contributed by atoms with E-state index in [9.17, 15) is 33.9 Å². The third kappa shape index (κ3) is 7.98. The highest BCUT2D eigenvalue weighted by molar-refractivity contribution is 5.90. The van der Waals surface area contributed by atoms with E-state index in [-0.39, 0.29) is 37.1 Å². The molecule has 0 unspecified atom stereocenters. The molecule has 2 aromatic rings. The highest BCUT2D eigenvalue weighted by Gasteiger charge is 2.27. The van der Waals surface area contributed by atoms with E-state index in [0.717, 1.165) is 4.57 Å². The summed E-state index contributed by atoms with van der Waals surface area (Å²) >= 11 is 0. The van der Waals surface area contributed by atoms with Crippen molar-refractivity contribution >= 4 is 34.7 Å². The molecule has 0 fully saturated rings. The van der Waals surface area contributed by atoms with Gasteiger partial charge in [0.25, 0.3) is 5.56 Å². The van der Waals surface area contributed by atoms with Gasteiger partial charge < -0.3 is 31.8 Å². The molecule has 0 aliphatic rings. The van der Waals surface area contributed by atoms with Crippen molar-refractivity contribution in [1.29, 1.82) is 0 Å². The number of hydrogen-bond acceptors (Lipinski definition) is 6. The molecule has 0 aliphatic heterocycles. The first-order valence-corrected chi connectivity index (χ1v) is 11.1. The van der Waals surface area contributed by atoms with E-state index in [1.165, 1.54) is 6.07 Å². The van der Waals surface area contributed by atoms with Gasteiger partial charge in [-0.05, 0) is 37.3 Å². The molecule has 190 valence electrons. The Morgan fingerprint density at radius 1 is 1.09 bits per heavy atom. The Balaban J connectivity index is 2.12. The highest BCUT2D eigenvalue weighted by Crippen LogP contribution is 2.07. The molecule has 1 heterocycles. The van der Waals surface area contributed by atoms with E-state index in [2.05, 4.69) is 20.9 Å². The number of benzene rings is 1. The average Bonchev–Trinajstić information content (AvgIpc) is 2.77. The van der Waals surface area contributed by atoms with Crippen LogP contribution in [-0.4, -0.2) is 57.1 Å². The SMILES string of the molecule is CC(C)C[C@H](NC(=O)Cn1c(=O)[nH]c2ccccc2c1=O)C(=O)N[C@@H](CCCNC(N)=O)C(=O)O. The molecule has 1 aromatic heterocycles. The van der Waals surface area contributed by atoms with E-state index in [1.54, 1.807) is 18.2 Å². The fourth-order valence-corrected chi connectivity index (χ4v) is 3.48. The van der Waals surface area contributed by atoms with Crippen molar-refractivity contribution < 1.29 is 24.3 Å². The number of nitrogens with two attached hydrogens (primary N) is 1. The first kappa shape index (κ1) is 27.1. The van der Waals surface area contributed by atoms with Gasteiger partial charge in [-0.25, -0.2) is 14.4 Å². The molecule has 0 saturated heterocycles. The molecule has 35 heavy (non-hydrogen) atoms. The number of aliphatic carboxylic acids is 1. The van der Waals surface area contributed by atoms with Gasteiger partial charge >= 0.3 is 17.7 Å². The van der Waals surface area contributed by atoms with Crippen LogP contribution in [0.3, 0.4) is 0 Å². The minimum atomic E-state index is -1.28. The predicted octanol–water partition coefficient (Wildman–Crippen LogP) is -0.761. The van der Waals surface area contributed by atoms with Gasteiger partial charge in [0, 0.05) is 6.54 Å². The van der Waals surface area contributed by atoms with Gasteiger partial charge in [0.1, 0.15) is 18.6 Å². The number of hydrogen-bond donors (Lipinski definition) is 6. The topological polar surface area (TPSA) is 205 Å². The number of para-hydroxylation sites is 1. The van der Waals surface area contributed by atoms with Gasteiger partial charge in [0.2, 0.25) is 11.8 Å². The lowest BCUT2D eigenvalue weighted by Crippen LogP contribution is -2.53. The summed E-state index contributed by atoms with van der Waals surface area (Å²) in [6.07, 6.45) is 0.455. The van der Waals surface area contributed by atoms with Gasteiger partial charge in [-0.1, -0.05) is 26.0 Å². The zero-order valence-electron chi connectivity index (χ0n) is 19.5. The maximum atomic E-state index is 12.8. The van der Waals surface area contributed by atoms with Crippen molar-refractivity contribution in [2.45, 2.75) is 51.7 Å². The molecule has 13 nitrogen and oxygen atoms in total. The molecule has 1 aromatic carbocycles. The van der Waals surface area contributed by atoms with Crippen LogP contribution in [0.5, 0.6) is 0 Å². The van der Waals surface area contributed by atoms with E-state index in [4.69, 9.17) is 5.73 Å². The number of primary amides is 1. The Kier molecular flexibility index (Phi) is 9.55. The number of rotatable bonds is 12. The smallest absolute Gasteiger partial charge is 0.329 e. The summed E-state index contributed by atoms with van der Waals surface area (Å²) in [7, 11) is 0. The predicted molar refractivity (Wildman–Crippen MR) is 127 cm³/mol. The van der Waals surface area contributed by atoms with Crippen molar-refractivity contribution in [3.8, 4) is 0 Å². The molecule has 0 aliphatic carbocycles. The Morgan fingerprint density at radius 2 is 1.77 bits per heavy atom. The standard InChI is InChI=1S/C22H30N6O7/c1-12(2)10-16(18(30)26-15(20(32)33)8-5-9-24-21(23)34)25-17(29)11-28-19(31)13-6-3-4-7-14(13)27-22(28)35/h3-4,6-7,12,15-16H,5,8-11H2,1-2H3,(H,25,29)(H,26,30)(H,27,35)(H,32,33)(H3,23,24,34)/t15-,16-/m0/s1. The van der Waals surface area contributed by atoms with Crippen molar-refractivity contribution in [2.24, 2.45) is 11.7 Å². The molecule has 0 saturated carbocycles. The maximum Gasteiger partial charge on any atom is 0.329 e. The Bertz CT molecular complexity index is 1200. The first-order valence-electron chi connectivity index (χ1n) is 11.1. The summed E-state index contributed by atoms with van der Waals surface area (Å²) in [6.45, 7) is 3.14. The molecular weight excluding hydrogens is 460 g/mol. The fraction of sp³-hybridized carbons (Fsp3) is 0.455. The summed E-state index contributed by atoms with van der Waals surface area (Å²) in [5.41, 5.74) is 3.87. The van der Waals surface area contributed by atoms with Crippen molar-refractivity contribution in [2.75, 3.05) is 6.54 Å². The maximum absolute atomic E-state index is 12.8. The summed E-state index contributed by atoms with van der Waals surface area (Å²) in [6, 6.07) is 3.26. The minimum Gasteiger partial charge on any atom is -0.480 e. The van der Waals surface area contributed by atoms with Crippen molar-refractivity contribution in [1.82, 2.24) is 25.5 Å². The molecule has 7 N–H and O–H groups in total. The van der Waals surface area contributed by atoms with Crippen molar-refractivity contribution in [3.63, 3.8) is 0 Å². The fourth-order valence-electron chi connectivity index (χ4n) is 3.48. The monoisotopic (exact) mass is 490 g/mol. The van der Waals surface area contributed by atoms with Crippen molar-refractivity contribution in [3.05, 3.63) is 45.1 Å². The number of carbonyl (C=O) groups excluding carboxylic acids is 3. The Hall–Kier alpha value is -4.16. The van der Waals surface area contributed by atoms with E-state index < -0.39 is 53.7 Å². The van der Waals surface area contributed by atoms with Crippen LogP contribution in [0.4, 0.5) is 4.79 Å². The van der Waals surface area contributed by atoms with E-state index in [0.29, 0.717) is 5.52 Å². The van der Waals surface area contributed by atoms with Crippen LogP contribution >= 0.6 is 0 Å². The molecular formula is C22H30N6O7. The summed E-state index contributed by atoms with van der Waals surface area (Å²) in [5, 5.41) is 16.9. The number of nitrogens with one attached hydrogen (secondary N) is 4. The lowest BCUT2D eigenvalue weighted by molar-refractivity contribution is -0.142. The highest BCUT2D eigenvalue weighted by atomic mass is 16.4. The number of carboxylic acid groups (broad SMARTS) is 1. The van der Waals surface area contributed by atoms with Gasteiger partial charge in [-0.15, -0.1) is 0 Å². The van der Waals surface area contributed by atoms with Crippen LogP contribution in [0.25, 0.3) is 10.9 Å². The third-order valence-corrected chi connectivity index (χ3v) is 5.13. The number of aromatic amines is 1. The molecule has 2 rings (SSSR count).